The van der Waals surface area contributed by atoms with Crippen LogP contribution >= 0.6 is 0 Å². The zero-order valence-corrected chi connectivity index (χ0v) is 9.64. The first-order valence-corrected chi connectivity index (χ1v) is 5.76. The van der Waals surface area contributed by atoms with Crippen LogP contribution in [0.2, 0.25) is 0 Å². The van der Waals surface area contributed by atoms with Crippen LogP contribution in [0.4, 0.5) is 18.9 Å². The molecule has 5 heteroatoms. The van der Waals surface area contributed by atoms with Gasteiger partial charge in [-0.25, -0.2) is 13.2 Å². The van der Waals surface area contributed by atoms with E-state index in [0.29, 0.717) is 6.54 Å². The van der Waals surface area contributed by atoms with Crippen LogP contribution < -0.4 is 10.2 Å². The van der Waals surface area contributed by atoms with Crippen molar-refractivity contribution in [1.82, 2.24) is 5.32 Å². The van der Waals surface area contributed by atoms with Gasteiger partial charge in [-0.2, -0.15) is 0 Å². The fourth-order valence-corrected chi connectivity index (χ4v) is 2.18. The highest BCUT2D eigenvalue weighted by atomic mass is 19.2. The average Bonchev–Trinajstić information content (AvgIpc) is 2.36. The SMILES string of the molecule is CCC1CNCCN1c1ccc(F)c(F)c1F. The molecule has 1 atom stereocenters. The molecule has 1 aromatic rings. The van der Waals surface area contributed by atoms with Crippen LogP contribution in [0, 0.1) is 17.5 Å². The minimum Gasteiger partial charge on any atom is -0.364 e. The van der Waals surface area contributed by atoms with E-state index < -0.39 is 17.5 Å². The summed E-state index contributed by atoms with van der Waals surface area (Å²) in [6.45, 7) is 4.03. The van der Waals surface area contributed by atoms with Gasteiger partial charge in [0.15, 0.2) is 17.5 Å². The lowest BCUT2D eigenvalue weighted by Crippen LogP contribution is -2.51. The van der Waals surface area contributed by atoms with Crippen molar-refractivity contribution in [2.75, 3.05) is 24.5 Å². The second-order valence-corrected chi connectivity index (χ2v) is 4.15. The third kappa shape index (κ3) is 2.24. The minimum absolute atomic E-state index is 0.114. The standard InChI is InChI=1S/C12H15F3N2/c1-2-8-7-16-5-6-17(8)10-4-3-9(13)11(14)12(10)15/h3-4,8,16H,2,5-7H2,1H3. The number of rotatable bonds is 2. The van der Waals surface area contributed by atoms with Gasteiger partial charge in [-0.3, -0.25) is 0 Å². The van der Waals surface area contributed by atoms with E-state index in [1.807, 2.05) is 6.92 Å². The highest BCUT2D eigenvalue weighted by Crippen LogP contribution is 2.26. The molecule has 2 rings (SSSR count). The van der Waals surface area contributed by atoms with Crippen molar-refractivity contribution in [2.24, 2.45) is 0 Å². The monoisotopic (exact) mass is 244 g/mol. The summed E-state index contributed by atoms with van der Waals surface area (Å²) >= 11 is 0. The first kappa shape index (κ1) is 12.2. The number of hydrogen-bond acceptors (Lipinski definition) is 2. The maximum absolute atomic E-state index is 13.7. The third-order valence-corrected chi connectivity index (χ3v) is 3.15. The van der Waals surface area contributed by atoms with Gasteiger partial charge in [0.2, 0.25) is 0 Å². The van der Waals surface area contributed by atoms with Crippen molar-refractivity contribution < 1.29 is 13.2 Å². The first-order chi connectivity index (χ1) is 8.15. The molecule has 0 spiro atoms. The zero-order chi connectivity index (χ0) is 12.4. The molecule has 1 aliphatic rings. The van der Waals surface area contributed by atoms with Gasteiger partial charge in [0, 0.05) is 25.7 Å². The van der Waals surface area contributed by atoms with Crippen molar-refractivity contribution in [3.05, 3.63) is 29.6 Å². The Labute approximate surface area is 98.4 Å². The van der Waals surface area contributed by atoms with Crippen molar-refractivity contribution in [1.29, 1.82) is 0 Å². The maximum atomic E-state index is 13.7. The fraction of sp³-hybridized carbons (Fsp3) is 0.500. The first-order valence-electron chi connectivity index (χ1n) is 5.76. The molecular formula is C12H15F3N2. The summed E-state index contributed by atoms with van der Waals surface area (Å²) in [5.74, 6) is -3.63. The highest BCUT2D eigenvalue weighted by molar-refractivity contribution is 5.50. The summed E-state index contributed by atoms with van der Waals surface area (Å²) in [5.41, 5.74) is 0.150. The van der Waals surface area contributed by atoms with Gasteiger partial charge >= 0.3 is 0 Å². The Morgan fingerprint density at radius 3 is 2.76 bits per heavy atom. The van der Waals surface area contributed by atoms with E-state index >= 15 is 0 Å². The van der Waals surface area contributed by atoms with Crippen molar-refractivity contribution >= 4 is 5.69 Å². The van der Waals surface area contributed by atoms with Gasteiger partial charge in [-0.1, -0.05) is 6.92 Å². The molecule has 0 radical (unpaired) electrons. The molecule has 1 N–H and O–H groups in total. The summed E-state index contributed by atoms with van der Waals surface area (Å²) in [6.07, 6.45) is 0.825. The molecule has 0 aliphatic carbocycles. The Balaban J connectivity index is 2.35. The van der Waals surface area contributed by atoms with E-state index in [1.165, 1.54) is 6.07 Å². The molecule has 1 aliphatic heterocycles. The Morgan fingerprint density at radius 2 is 2.06 bits per heavy atom. The molecule has 0 amide bonds. The lowest BCUT2D eigenvalue weighted by Gasteiger charge is -2.37. The predicted molar refractivity (Wildman–Crippen MR) is 60.6 cm³/mol. The molecule has 1 heterocycles. The second kappa shape index (κ2) is 4.96. The summed E-state index contributed by atoms with van der Waals surface area (Å²) in [7, 11) is 0. The van der Waals surface area contributed by atoms with E-state index in [9.17, 15) is 13.2 Å². The van der Waals surface area contributed by atoms with E-state index in [0.717, 1.165) is 25.6 Å². The molecular weight excluding hydrogens is 229 g/mol. The van der Waals surface area contributed by atoms with Gasteiger partial charge in [0.05, 0.1) is 5.69 Å². The molecule has 1 fully saturated rings. The van der Waals surface area contributed by atoms with Crippen molar-refractivity contribution in [3.63, 3.8) is 0 Å². The second-order valence-electron chi connectivity index (χ2n) is 4.15. The molecule has 1 saturated heterocycles. The number of hydrogen-bond donors (Lipinski definition) is 1. The maximum Gasteiger partial charge on any atom is 0.196 e. The number of anilines is 1. The van der Waals surface area contributed by atoms with Crippen LogP contribution in [0.15, 0.2) is 12.1 Å². The summed E-state index contributed by atoms with van der Waals surface area (Å²) in [6, 6.07) is 2.40. The van der Waals surface area contributed by atoms with Crippen LogP contribution in [-0.2, 0) is 0 Å². The van der Waals surface area contributed by atoms with Crippen LogP contribution in [0.25, 0.3) is 0 Å². The molecule has 1 unspecified atom stereocenters. The normalized spacial score (nSPS) is 20.7. The van der Waals surface area contributed by atoms with Gasteiger partial charge < -0.3 is 10.2 Å². The lowest BCUT2D eigenvalue weighted by atomic mass is 10.1. The van der Waals surface area contributed by atoms with Gasteiger partial charge in [-0.05, 0) is 18.6 Å². The molecule has 17 heavy (non-hydrogen) atoms. The van der Waals surface area contributed by atoms with Crippen molar-refractivity contribution in [3.8, 4) is 0 Å². The smallest absolute Gasteiger partial charge is 0.196 e. The van der Waals surface area contributed by atoms with Gasteiger partial charge in [0.1, 0.15) is 0 Å². The predicted octanol–water partition coefficient (Wildman–Crippen LogP) is 2.29. The molecule has 0 saturated carbocycles. The summed E-state index contributed by atoms with van der Waals surface area (Å²) in [5, 5.41) is 3.20. The van der Waals surface area contributed by atoms with E-state index in [4.69, 9.17) is 0 Å². The quantitative estimate of drug-likeness (QED) is 0.803. The van der Waals surface area contributed by atoms with E-state index in [2.05, 4.69) is 5.32 Å². The Morgan fingerprint density at radius 1 is 1.29 bits per heavy atom. The molecule has 94 valence electrons. The number of nitrogens with one attached hydrogen (secondary N) is 1. The minimum atomic E-state index is -1.39. The molecule has 1 aromatic carbocycles. The Bertz CT molecular complexity index is 409. The lowest BCUT2D eigenvalue weighted by molar-refractivity contribution is 0.428. The van der Waals surface area contributed by atoms with Crippen LogP contribution in [-0.4, -0.2) is 25.7 Å². The van der Waals surface area contributed by atoms with Crippen molar-refractivity contribution in [2.45, 2.75) is 19.4 Å². The Hall–Kier alpha value is -1.23. The largest absolute Gasteiger partial charge is 0.364 e. The van der Waals surface area contributed by atoms with E-state index in [1.54, 1.807) is 4.90 Å². The summed E-state index contributed by atoms with van der Waals surface area (Å²) in [4.78, 5) is 1.80. The Kier molecular flexibility index (Phi) is 3.57. The fourth-order valence-electron chi connectivity index (χ4n) is 2.18. The number of halogens is 3. The molecule has 0 bridgehead atoms. The third-order valence-electron chi connectivity index (χ3n) is 3.15. The topological polar surface area (TPSA) is 15.3 Å². The zero-order valence-electron chi connectivity index (χ0n) is 9.64. The van der Waals surface area contributed by atoms with Crippen LogP contribution in [0.3, 0.4) is 0 Å². The number of benzene rings is 1. The van der Waals surface area contributed by atoms with E-state index in [-0.39, 0.29) is 11.7 Å². The number of piperazine rings is 1. The van der Waals surface area contributed by atoms with Crippen LogP contribution in [0.1, 0.15) is 13.3 Å². The molecule has 0 aromatic heterocycles. The van der Waals surface area contributed by atoms with Gasteiger partial charge in [-0.15, -0.1) is 0 Å². The number of nitrogens with zero attached hydrogens (tertiary/aromatic N) is 1. The van der Waals surface area contributed by atoms with Crippen LogP contribution in [0.5, 0.6) is 0 Å². The summed E-state index contributed by atoms with van der Waals surface area (Å²) < 4.78 is 39.7. The van der Waals surface area contributed by atoms with Gasteiger partial charge in [0.25, 0.3) is 0 Å². The highest BCUT2D eigenvalue weighted by Gasteiger charge is 2.25. The average molecular weight is 244 g/mol. The molecule has 2 nitrogen and oxygen atoms in total.